The van der Waals surface area contributed by atoms with E-state index in [2.05, 4.69) is 0 Å². The zero-order valence-electron chi connectivity index (χ0n) is 15.6. The summed E-state index contributed by atoms with van der Waals surface area (Å²) in [5.41, 5.74) is 0.998. The number of rotatable bonds is 7. The quantitative estimate of drug-likeness (QED) is 0.556. The molecule has 0 atom stereocenters. The molecule has 0 unspecified atom stereocenters. The predicted molar refractivity (Wildman–Crippen MR) is 103 cm³/mol. The van der Waals surface area contributed by atoms with Gasteiger partial charge >= 0.3 is 7.60 Å². The Morgan fingerprint density at radius 3 is 1.80 bits per heavy atom. The van der Waals surface area contributed by atoms with Gasteiger partial charge in [-0.1, -0.05) is 56.7 Å². The van der Waals surface area contributed by atoms with E-state index in [1.165, 1.54) is 64.2 Å². The summed E-state index contributed by atoms with van der Waals surface area (Å²) < 4.78 is 25.8. The SMILES string of the molecule is Cc1ccccc1P(=O)(OCC1CCCCC1)OCC1CCCCC1. The third-order valence-corrected chi connectivity index (χ3v) is 7.89. The molecule has 0 aromatic heterocycles. The molecule has 0 heterocycles. The van der Waals surface area contributed by atoms with E-state index in [9.17, 15) is 4.57 Å². The van der Waals surface area contributed by atoms with Crippen molar-refractivity contribution in [2.75, 3.05) is 13.2 Å². The lowest BCUT2D eigenvalue weighted by Gasteiger charge is -2.28. The second-order valence-electron chi connectivity index (χ2n) is 7.88. The van der Waals surface area contributed by atoms with Gasteiger partial charge in [0.05, 0.1) is 18.5 Å². The van der Waals surface area contributed by atoms with Crippen LogP contribution in [0.4, 0.5) is 0 Å². The first kappa shape index (κ1) is 19.1. The fraction of sp³-hybridized carbons (Fsp3) is 0.714. The molecule has 0 spiro atoms. The molecule has 2 aliphatic carbocycles. The first-order valence-corrected chi connectivity index (χ1v) is 11.7. The minimum atomic E-state index is -3.24. The van der Waals surface area contributed by atoms with Crippen LogP contribution in [0.3, 0.4) is 0 Å². The van der Waals surface area contributed by atoms with Crippen LogP contribution in [0, 0.1) is 18.8 Å². The van der Waals surface area contributed by atoms with Crippen LogP contribution in [-0.2, 0) is 13.6 Å². The molecule has 1 aromatic rings. The van der Waals surface area contributed by atoms with Gasteiger partial charge in [0.25, 0.3) is 0 Å². The molecular weight excluding hydrogens is 331 g/mol. The molecule has 2 aliphatic rings. The molecule has 0 bridgehead atoms. The molecule has 1 aromatic carbocycles. The fourth-order valence-electron chi connectivity index (χ4n) is 4.16. The highest BCUT2D eigenvalue weighted by Crippen LogP contribution is 2.49. The Bertz CT molecular complexity index is 548. The third kappa shape index (κ3) is 5.42. The lowest BCUT2D eigenvalue weighted by molar-refractivity contribution is 0.143. The minimum absolute atomic E-state index is 0.532. The summed E-state index contributed by atoms with van der Waals surface area (Å²) in [6, 6.07) is 7.82. The molecule has 3 nitrogen and oxygen atoms in total. The van der Waals surface area contributed by atoms with Crippen LogP contribution in [0.25, 0.3) is 0 Å². The number of hydrogen-bond acceptors (Lipinski definition) is 3. The molecule has 2 saturated carbocycles. The van der Waals surface area contributed by atoms with E-state index in [1.807, 2.05) is 31.2 Å². The lowest BCUT2D eigenvalue weighted by Crippen LogP contribution is -2.21. The number of benzene rings is 1. The van der Waals surface area contributed by atoms with Crippen LogP contribution in [0.1, 0.15) is 69.8 Å². The number of hydrogen-bond donors (Lipinski definition) is 0. The second kappa shape index (κ2) is 9.35. The highest BCUT2D eigenvalue weighted by atomic mass is 31.2. The smallest absolute Gasteiger partial charge is 0.305 e. The summed E-state index contributed by atoms with van der Waals surface area (Å²) in [5, 5.41) is 0.751. The Balaban J connectivity index is 1.68. The van der Waals surface area contributed by atoms with Gasteiger partial charge in [0, 0.05) is 0 Å². The summed E-state index contributed by atoms with van der Waals surface area (Å²) in [4.78, 5) is 0. The average Bonchev–Trinajstić information content (AvgIpc) is 2.67. The van der Waals surface area contributed by atoms with Crippen molar-refractivity contribution in [3.8, 4) is 0 Å². The Hall–Kier alpha value is -0.630. The van der Waals surface area contributed by atoms with Gasteiger partial charge in [0.2, 0.25) is 0 Å². The summed E-state index contributed by atoms with van der Waals surface area (Å²) >= 11 is 0. The Morgan fingerprint density at radius 2 is 1.32 bits per heavy atom. The fourth-order valence-corrected chi connectivity index (χ4v) is 6.10. The minimum Gasteiger partial charge on any atom is -0.305 e. The highest BCUT2D eigenvalue weighted by Gasteiger charge is 2.32. The molecule has 140 valence electrons. The van der Waals surface area contributed by atoms with Crippen LogP contribution in [0.2, 0.25) is 0 Å². The van der Waals surface area contributed by atoms with Gasteiger partial charge in [0.1, 0.15) is 0 Å². The molecule has 3 rings (SSSR count). The maximum atomic E-state index is 13.7. The van der Waals surface area contributed by atoms with Crippen LogP contribution in [0.5, 0.6) is 0 Å². The van der Waals surface area contributed by atoms with Gasteiger partial charge < -0.3 is 9.05 Å². The van der Waals surface area contributed by atoms with Gasteiger partial charge in [-0.3, -0.25) is 4.57 Å². The monoisotopic (exact) mass is 364 g/mol. The summed E-state index contributed by atoms with van der Waals surface area (Å²) in [7, 11) is -3.24. The van der Waals surface area contributed by atoms with Crippen molar-refractivity contribution in [1.29, 1.82) is 0 Å². The van der Waals surface area contributed by atoms with E-state index in [-0.39, 0.29) is 0 Å². The van der Waals surface area contributed by atoms with Crippen LogP contribution < -0.4 is 5.30 Å². The number of aryl methyl sites for hydroxylation is 1. The predicted octanol–water partition coefficient (Wildman–Crippen LogP) is 6.01. The van der Waals surface area contributed by atoms with Gasteiger partial charge in [-0.2, -0.15) is 0 Å². The third-order valence-electron chi connectivity index (χ3n) is 5.82. The summed E-state index contributed by atoms with van der Waals surface area (Å²) in [6.07, 6.45) is 12.5. The second-order valence-corrected chi connectivity index (χ2v) is 9.88. The Labute approximate surface area is 153 Å². The van der Waals surface area contributed by atoms with E-state index in [1.54, 1.807) is 0 Å². The van der Waals surface area contributed by atoms with E-state index in [0.717, 1.165) is 10.9 Å². The molecule has 0 amide bonds. The Kier molecular flexibility index (Phi) is 7.16. The van der Waals surface area contributed by atoms with Gasteiger partial charge in [-0.15, -0.1) is 0 Å². The van der Waals surface area contributed by atoms with E-state index >= 15 is 0 Å². The van der Waals surface area contributed by atoms with Crippen molar-refractivity contribution in [2.45, 2.75) is 71.1 Å². The summed E-state index contributed by atoms with van der Waals surface area (Å²) in [5.74, 6) is 1.06. The molecule has 25 heavy (non-hydrogen) atoms. The Morgan fingerprint density at radius 1 is 0.840 bits per heavy atom. The van der Waals surface area contributed by atoms with E-state index in [4.69, 9.17) is 9.05 Å². The average molecular weight is 364 g/mol. The highest BCUT2D eigenvalue weighted by molar-refractivity contribution is 7.62. The van der Waals surface area contributed by atoms with E-state index < -0.39 is 7.60 Å². The first-order valence-electron chi connectivity index (χ1n) is 10.1. The first-order chi connectivity index (χ1) is 12.2. The van der Waals surface area contributed by atoms with Gasteiger partial charge in [-0.25, -0.2) is 0 Å². The van der Waals surface area contributed by atoms with Crippen molar-refractivity contribution in [1.82, 2.24) is 0 Å². The van der Waals surface area contributed by atoms with Crippen molar-refractivity contribution >= 4 is 12.9 Å². The van der Waals surface area contributed by atoms with Gasteiger partial charge in [-0.05, 0) is 56.1 Å². The van der Waals surface area contributed by atoms with Gasteiger partial charge in [0.15, 0.2) is 0 Å². The molecule has 4 heteroatoms. The molecular formula is C21H33O3P. The molecule has 0 N–H and O–H groups in total. The molecule has 2 fully saturated rings. The topological polar surface area (TPSA) is 35.5 Å². The van der Waals surface area contributed by atoms with Crippen molar-refractivity contribution in [3.05, 3.63) is 29.8 Å². The van der Waals surface area contributed by atoms with Crippen molar-refractivity contribution in [2.24, 2.45) is 11.8 Å². The van der Waals surface area contributed by atoms with Crippen molar-refractivity contribution < 1.29 is 13.6 Å². The lowest BCUT2D eigenvalue weighted by atomic mass is 9.90. The standard InChI is InChI=1S/C21H33O3P/c1-18-10-8-9-15-21(18)25(22,23-16-19-11-4-2-5-12-19)24-17-20-13-6-3-7-14-20/h8-10,15,19-20H,2-7,11-14,16-17H2,1H3. The van der Waals surface area contributed by atoms with Crippen LogP contribution >= 0.6 is 7.60 Å². The maximum Gasteiger partial charge on any atom is 0.361 e. The molecule has 0 saturated heterocycles. The molecule has 0 radical (unpaired) electrons. The maximum absolute atomic E-state index is 13.7. The van der Waals surface area contributed by atoms with Crippen molar-refractivity contribution in [3.63, 3.8) is 0 Å². The van der Waals surface area contributed by atoms with Crippen LogP contribution in [-0.4, -0.2) is 13.2 Å². The zero-order valence-corrected chi connectivity index (χ0v) is 16.5. The van der Waals surface area contributed by atoms with E-state index in [0.29, 0.717) is 25.0 Å². The zero-order chi connectivity index (χ0) is 17.5. The van der Waals surface area contributed by atoms with Crippen LogP contribution in [0.15, 0.2) is 24.3 Å². The molecule has 0 aliphatic heterocycles. The normalized spacial score (nSPS) is 20.7. The summed E-state index contributed by atoms with van der Waals surface area (Å²) in [6.45, 7) is 3.13. The largest absolute Gasteiger partial charge is 0.361 e.